The molecule has 132 valence electrons. The van der Waals surface area contributed by atoms with Gasteiger partial charge in [-0.05, 0) is 68.0 Å². The van der Waals surface area contributed by atoms with Crippen LogP contribution in [-0.2, 0) is 0 Å². The molecule has 0 saturated carbocycles. The van der Waals surface area contributed by atoms with Gasteiger partial charge in [0.2, 0.25) is 0 Å². The van der Waals surface area contributed by atoms with E-state index in [0.717, 1.165) is 36.0 Å². The molecule has 0 saturated heterocycles. The molecule has 0 aliphatic carbocycles. The molecule has 0 amide bonds. The Hall–Kier alpha value is -2.52. The van der Waals surface area contributed by atoms with Gasteiger partial charge >= 0.3 is 0 Å². The van der Waals surface area contributed by atoms with Crippen molar-refractivity contribution in [3.63, 3.8) is 0 Å². The minimum absolute atomic E-state index is 0.0439. The van der Waals surface area contributed by atoms with E-state index >= 15 is 0 Å². The van der Waals surface area contributed by atoms with E-state index in [1.165, 1.54) is 6.07 Å². The lowest BCUT2D eigenvalue weighted by atomic mass is 10.0. The third-order valence-electron chi connectivity index (χ3n) is 3.77. The molecular weight excluding hydrogens is 312 g/mol. The monoisotopic (exact) mass is 338 g/mol. The molecule has 3 heteroatoms. The van der Waals surface area contributed by atoms with E-state index in [0.29, 0.717) is 0 Å². The normalized spacial score (nSPS) is 12.3. The zero-order valence-electron chi connectivity index (χ0n) is 14.8. The Morgan fingerprint density at radius 3 is 2.08 bits per heavy atom. The predicted molar refractivity (Wildman–Crippen MR) is 104 cm³/mol. The Kier molecular flexibility index (Phi) is 6.43. The first-order valence-corrected chi connectivity index (χ1v) is 8.52. The summed E-state index contributed by atoms with van der Waals surface area (Å²) in [6.07, 6.45) is 10.7. The fourth-order valence-corrected chi connectivity index (χ4v) is 2.54. The molecule has 2 rings (SSSR count). The Labute approximate surface area is 149 Å². The summed E-state index contributed by atoms with van der Waals surface area (Å²) in [5, 5.41) is 28.7. The van der Waals surface area contributed by atoms with Crippen LogP contribution in [0.3, 0.4) is 0 Å². The number of hydrogen-bond acceptors (Lipinski definition) is 3. The van der Waals surface area contributed by atoms with Crippen molar-refractivity contribution in [2.45, 2.75) is 38.7 Å². The first-order valence-electron chi connectivity index (χ1n) is 8.52. The summed E-state index contributed by atoms with van der Waals surface area (Å²) < 4.78 is 0. The number of hydrogen-bond donors (Lipinski definition) is 3. The molecule has 25 heavy (non-hydrogen) atoms. The van der Waals surface area contributed by atoms with E-state index in [4.69, 9.17) is 0 Å². The van der Waals surface area contributed by atoms with Crippen LogP contribution in [0, 0.1) is 0 Å². The van der Waals surface area contributed by atoms with Crippen LogP contribution in [0.1, 0.15) is 49.8 Å². The third kappa shape index (κ3) is 7.27. The minimum atomic E-state index is -0.598. The van der Waals surface area contributed by atoms with Gasteiger partial charge in [0, 0.05) is 6.07 Å². The number of benzene rings is 2. The second-order valence-electron chi connectivity index (χ2n) is 6.89. The lowest BCUT2D eigenvalue weighted by Gasteiger charge is -2.15. The van der Waals surface area contributed by atoms with Gasteiger partial charge in [-0.1, -0.05) is 42.5 Å². The number of phenols is 2. The number of unbranched alkanes of at least 4 members (excludes halogenated alkanes) is 1. The van der Waals surface area contributed by atoms with E-state index < -0.39 is 5.60 Å². The van der Waals surface area contributed by atoms with Gasteiger partial charge in [-0.25, -0.2) is 0 Å². The number of aromatic hydroxyl groups is 2. The van der Waals surface area contributed by atoms with Gasteiger partial charge in [0.1, 0.15) is 11.5 Å². The molecule has 0 bridgehead atoms. The summed E-state index contributed by atoms with van der Waals surface area (Å²) >= 11 is 0. The van der Waals surface area contributed by atoms with Crippen LogP contribution in [0.5, 0.6) is 11.5 Å². The highest BCUT2D eigenvalue weighted by Gasteiger charge is 2.10. The molecule has 2 aromatic rings. The standard InChI is InChI=1S/C22H26O3/c1-22(2,25)12-5-3-4-7-17-8-6-9-18(13-17)10-11-19-14-20(23)16-21(24)15-19/h4,6-11,13-16,23-25H,3,5,12H2,1-2H3. The minimum Gasteiger partial charge on any atom is -0.508 e. The van der Waals surface area contributed by atoms with Gasteiger partial charge in [0.15, 0.2) is 0 Å². The highest BCUT2D eigenvalue weighted by molar-refractivity contribution is 5.72. The molecule has 0 heterocycles. The lowest BCUT2D eigenvalue weighted by molar-refractivity contribution is 0.0691. The SMILES string of the molecule is CC(C)(O)CCCC=Cc1cccc(C=Cc2cc(O)cc(O)c2)c1. The predicted octanol–water partition coefficient (Wildman–Crippen LogP) is 5.22. The van der Waals surface area contributed by atoms with Crippen molar-refractivity contribution in [2.24, 2.45) is 0 Å². The topological polar surface area (TPSA) is 60.7 Å². The number of rotatable bonds is 7. The molecule has 0 aromatic heterocycles. The first-order chi connectivity index (χ1) is 11.8. The average Bonchev–Trinajstić information content (AvgIpc) is 2.51. The molecular formula is C22H26O3. The summed E-state index contributed by atoms with van der Waals surface area (Å²) in [6.45, 7) is 3.66. The van der Waals surface area contributed by atoms with E-state index in [2.05, 4.69) is 18.2 Å². The van der Waals surface area contributed by atoms with Crippen LogP contribution in [0.4, 0.5) is 0 Å². The van der Waals surface area contributed by atoms with Crippen LogP contribution in [0.2, 0.25) is 0 Å². The van der Waals surface area contributed by atoms with E-state index in [9.17, 15) is 15.3 Å². The summed E-state index contributed by atoms with van der Waals surface area (Å²) in [7, 11) is 0. The summed E-state index contributed by atoms with van der Waals surface area (Å²) in [6, 6.07) is 12.6. The fourth-order valence-electron chi connectivity index (χ4n) is 2.54. The van der Waals surface area contributed by atoms with Crippen LogP contribution in [-0.4, -0.2) is 20.9 Å². The van der Waals surface area contributed by atoms with E-state index in [1.807, 2.05) is 44.2 Å². The second kappa shape index (κ2) is 8.54. The van der Waals surface area contributed by atoms with Crippen LogP contribution in [0.15, 0.2) is 48.5 Å². The van der Waals surface area contributed by atoms with E-state index in [1.54, 1.807) is 12.1 Å². The largest absolute Gasteiger partial charge is 0.508 e. The maximum atomic E-state index is 9.69. The van der Waals surface area contributed by atoms with Gasteiger partial charge in [-0.15, -0.1) is 0 Å². The summed E-state index contributed by atoms with van der Waals surface area (Å²) in [4.78, 5) is 0. The van der Waals surface area contributed by atoms with Crippen molar-refractivity contribution in [3.8, 4) is 11.5 Å². The smallest absolute Gasteiger partial charge is 0.119 e. The Balaban J connectivity index is 1.97. The zero-order valence-corrected chi connectivity index (χ0v) is 14.8. The molecule has 0 radical (unpaired) electrons. The Morgan fingerprint density at radius 1 is 0.840 bits per heavy atom. The van der Waals surface area contributed by atoms with Gasteiger partial charge < -0.3 is 15.3 Å². The van der Waals surface area contributed by atoms with Crippen molar-refractivity contribution >= 4 is 18.2 Å². The Bertz CT molecular complexity index is 732. The molecule has 2 aromatic carbocycles. The van der Waals surface area contributed by atoms with Crippen molar-refractivity contribution < 1.29 is 15.3 Å². The second-order valence-corrected chi connectivity index (χ2v) is 6.89. The molecule has 0 aliphatic heterocycles. The number of aliphatic hydroxyl groups is 1. The van der Waals surface area contributed by atoms with Crippen LogP contribution in [0.25, 0.3) is 18.2 Å². The van der Waals surface area contributed by atoms with Crippen molar-refractivity contribution in [1.82, 2.24) is 0 Å². The quantitative estimate of drug-likeness (QED) is 0.479. The van der Waals surface area contributed by atoms with Gasteiger partial charge in [-0.3, -0.25) is 0 Å². The molecule has 3 nitrogen and oxygen atoms in total. The first kappa shape index (κ1) is 18.8. The van der Waals surface area contributed by atoms with Gasteiger partial charge in [0.05, 0.1) is 5.60 Å². The average molecular weight is 338 g/mol. The maximum absolute atomic E-state index is 9.69. The number of phenolic OH excluding ortho intramolecular Hbond substituents is 2. The highest BCUT2D eigenvalue weighted by Crippen LogP contribution is 2.22. The third-order valence-corrected chi connectivity index (χ3v) is 3.77. The van der Waals surface area contributed by atoms with E-state index in [-0.39, 0.29) is 11.5 Å². The van der Waals surface area contributed by atoms with Crippen molar-refractivity contribution in [1.29, 1.82) is 0 Å². The van der Waals surface area contributed by atoms with Crippen LogP contribution >= 0.6 is 0 Å². The Morgan fingerprint density at radius 2 is 1.44 bits per heavy atom. The molecule has 3 N–H and O–H groups in total. The fraction of sp³-hybridized carbons (Fsp3) is 0.273. The maximum Gasteiger partial charge on any atom is 0.119 e. The summed E-state index contributed by atoms with van der Waals surface area (Å²) in [5.41, 5.74) is 2.30. The van der Waals surface area contributed by atoms with Crippen LogP contribution < -0.4 is 0 Å². The number of allylic oxidation sites excluding steroid dienone is 1. The molecule has 0 aliphatic rings. The van der Waals surface area contributed by atoms with Gasteiger partial charge in [0.25, 0.3) is 0 Å². The summed E-state index contributed by atoms with van der Waals surface area (Å²) in [5.74, 6) is 0.0878. The zero-order chi connectivity index (χ0) is 18.3. The molecule has 0 unspecified atom stereocenters. The van der Waals surface area contributed by atoms with Crippen molar-refractivity contribution in [2.75, 3.05) is 0 Å². The van der Waals surface area contributed by atoms with Crippen molar-refractivity contribution in [3.05, 3.63) is 65.2 Å². The molecule has 0 atom stereocenters. The molecule has 0 spiro atoms. The lowest BCUT2D eigenvalue weighted by Crippen LogP contribution is -2.17. The molecule has 0 fully saturated rings. The van der Waals surface area contributed by atoms with Gasteiger partial charge in [-0.2, -0.15) is 0 Å². The highest BCUT2D eigenvalue weighted by atomic mass is 16.3.